The van der Waals surface area contributed by atoms with Gasteiger partial charge in [-0.15, -0.1) is 11.8 Å². The lowest BCUT2D eigenvalue weighted by Gasteiger charge is -2.30. The van der Waals surface area contributed by atoms with Crippen LogP contribution in [0.3, 0.4) is 0 Å². The van der Waals surface area contributed by atoms with Gasteiger partial charge in [0.1, 0.15) is 0 Å². The van der Waals surface area contributed by atoms with E-state index < -0.39 is 0 Å². The van der Waals surface area contributed by atoms with E-state index in [9.17, 15) is 4.79 Å². The molecule has 1 N–H and O–H groups in total. The maximum Gasteiger partial charge on any atom is 0.241 e. The highest BCUT2D eigenvalue weighted by Gasteiger charge is 2.25. The molecule has 8 heteroatoms. The molecule has 0 aliphatic carbocycles. The first-order chi connectivity index (χ1) is 16.1. The van der Waals surface area contributed by atoms with Crippen LogP contribution in [0, 0.1) is 12.8 Å². The molecule has 1 saturated heterocycles. The van der Waals surface area contributed by atoms with Gasteiger partial charge in [0.05, 0.1) is 6.54 Å². The summed E-state index contributed by atoms with van der Waals surface area (Å²) in [4.78, 5) is 20.5. The van der Waals surface area contributed by atoms with E-state index in [0.717, 1.165) is 48.7 Å². The fraction of sp³-hybridized carbons (Fsp3) is 0.400. The van der Waals surface area contributed by atoms with Gasteiger partial charge >= 0.3 is 0 Å². The molecule has 0 spiro atoms. The molecule has 4 rings (SSSR count). The predicted octanol–water partition coefficient (Wildman–Crippen LogP) is 5.21. The third-order valence-corrected chi connectivity index (χ3v) is 7.15. The van der Waals surface area contributed by atoms with Crippen molar-refractivity contribution in [3.63, 3.8) is 0 Å². The van der Waals surface area contributed by atoms with Crippen LogP contribution in [0.5, 0.6) is 0 Å². The number of aromatic nitrogens is 2. The van der Waals surface area contributed by atoms with E-state index in [1.165, 1.54) is 10.5 Å². The van der Waals surface area contributed by atoms with Gasteiger partial charge in [-0.2, -0.15) is 4.98 Å². The van der Waals surface area contributed by atoms with Crippen molar-refractivity contribution in [2.45, 2.75) is 37.6 Å². The number of aryl methyl sites for hydroxylation is 1. The second-order valence-corrected chi connectivity index (χ2v) is 9.98. The minimum atomic E-state index is 0.0796. The number of piperidine rings is 1. The lowest BCUT2D eigenvalue weighted by molar-refractivity contribution is -0.126. The molecule has 0 saturated carbocycles. The Labute approximate surface area is 204 Å². The topological polar surface area (TPSA) is 71.3 Å². The van der Waals surface area contributed by atoms with E-state index in [1.807, 2.05) is 48.5 Å². The van der Waals surface area contributed by atoms with Gasteiger partial charge in [0.25, 0.3) is 0 Å². The molecular weight excluding hydrogens is 456 g/mol. The molecule has 2 heterocycles. The highest BCUT2D eigenvalue weighted by molar-refractivity contribution is 7.99. The van der Waals surface area contributed by atoms with Crippen LogP contribution in [0.2, 0.25) is 5.02 Å². The Morgan fingerprint density at radius 3 is 2.61 bits per heavy atom. The molecule has 2 aromatic carbocycles. The SMILES string of the molecule is Cc1ccc(-c2noc(CN3CCC(C(=O)NCCCSc4ccc(Cl)cc4)CC3)n2)cc1. The fourth-order valence-corrected chi connectivity index (χ4v) is 4.81. The van der Waals surface area contributed by atoms with Crippen molar-refractivity contribution < 1.29 is 9.32 Å². The monoisotopic (exact) mass is 484 g/mol. The Morgan fingerprint density at radius 1 is 1.15 bits per heavy atom. The number of halogens is 1. The number of amides is 1. The highest BCUT2D eigenvalue weighted by Crippen LogP contribution is 2.22. The molecule has 1 amide bonds. The zero-order valence-electron chi connectivity index (χ0n) is 18.8. The first-order valence-corrected chi connectivity index (χ1v) is 12.7. The number of rotatable bonds is 9. The number of hydrogen-bond donors (Lipinski definition) is 1. The number of hydrogen-bond acceptors (Lipinski definition) is 6. The summed E-state index contributed by atoms with van der Waals surface area (Å²) < 4.78 is 5.45. The zero-order valence-corrected chi connectivity index (χ0v) is 20.4. The molecule has 1 aliphatic rings. The molecule has 0 radical (unpaired) electrons. The second-order valence-electron chi connectivity index (χ2n) is 8.38. The summed E-state index contributed by atoms with van der Waals surface area (Å²) in [5, 5.41) is 7.97. The van der Waals surface area contributed by atoms with E-state index >= 15 is 0 Å². The van der Waals surface area contributed by atoms with E-state index in [0.29, 0.717) is 24.8 Å². The van der Waals surface area contributed by atoms with Gasteiger partial charge < -0.3 is 9.84 Å². The third-order valence-electron chi connectivity index (χ3n) is 5.80. The van der Waals surface area contributed by atoms with Crippen LogP contribution in [0.4, 0.5) is 0 Å². The summed E-state index contributed by atoms with van der Waals surface area (Å²) in [5.41, 5.74) is 2.16. The summed E-state index contributed by atoms with van der Waals surface area (Å²) >= 11 is 7.69. The van der Waals surface area contributed by atoms with Crippen LogP contribution >= 0.6 is 23.4 Å². The number of carbonyl (C=O) groups is 1. The Balaban J connectivity index is 1.13. The van der Waals surface area contributed by atoms with Crippen molar-refractivity contribution in [1.82, 2.24) is 20.4 Å². The second kappa shape index (κ2) is 11.7. The quantitative estimate of drug-likeness (QED) is 0.332. The van der Waals surface area contributed by atoms with Crippen molar-refractivity contribution >= 4 is 29.3 Å². The minimum absolute atomic E-state index is 0.0796. The molecule has 1 fully saturated rings. The molecule has 6 nitrogen and oxygen atoms in total. The summed E-state index contributed by atoms with van der Waals surface area (Å²) in [7, 11) is 0. The molecule has 1 aromatic heterocycles. The number of thioether (sulfide) groups is 1. The molecule has 0 bridgehead atoms. The van der Waals surface area contributed by atoms with E-state index in [4.69, 9.17) is 16.1 Å². The van der Waals surface area contributed by atoms with Gasteiger partial charge in [-0.05, 0) is 69.3 Å². The molecular formula is C25H29ClN4O2S. The van der Waals surface area contributed by atoms with E-state index in [2.05, 4.69) is 27.3 Å². The van der Waals surface area contributed by atoms with Gasteiger partial charge in [-0.25, -0.2) is 0 Å². The van der Waals surface area contributed by atoms with Crippen LogP contribution in [-0.2, 0) is 11.3 Å². The number of nitrogens with zero attached hydrogens (tertiary/aromatic N) is 3. The van der Waals surface area contributed by atoms with Gasteiger partial charge in [0.2, 0.25) is 17.6 Å². The van der Waals surface area contributed by atoms with Gasteiger partial charge in [0.15, 0.2) is 0 Å². The zero-order chi connectivity index (χ0) is 23.0. The largest absolute Gasteiger partial charge is 0.356 e. The third kappa shape index (κ3) is 7.06. The highest BCUT2D eigenvalue weighted by atomic mass is 35.5. The molecule has 33 heavy (non-hydrogen) atoms. The maximum atomic E-state index is 12.5. The average molecular weight is 485 g/mol. The van der Waals surface area contributed by atoms with Crippen LogP contribution in [0.15, 0.2) is 57.9 Å². The van der Waals surface area contributed by atoms with Crippen LogP contribution in [0.25, 0.3) is 11.4 Å². The number of nitrogens with one attached hydrogen (secondary N) is 1. The van der Waals surface area contributed by atoms with Crippen LogP contribution in [0.1, 0.15) is 30.7 Å². The Kier molecular flexibility index (Phi) is 8.42. The summed E-state index contributed by atoms with van der Waals surface area (Å²) in [5.74, 6) is 2.46. The molecule has 174 valence electrons. The number of benzene rings is 2. The number of likely N-dealkylation sites (tertiary alicyclic amines) is 1. The molecule has 3 aromatic rings. The van der Waals surface area contributed by atoms with E-state index in [1.54, 1.807) is 11.8 Å². The average Bonchev–Trinajstić information content (AvgIpc) is 3.29. The van der Waals surface area contributed by atoms with E-state index in [-0.39, 0.29) is 11.8 Å². The summed E-state index contributed by atoms with van der Waals surface area (Å²) in [6.45, 7) is 5.09. The number of carbonyl (C=O) groups excluding carboxylic acids is 1. The van der Waals surface area contributed by atoms with Gasteiger partial charge in [-0.1, -0.05) is 46.6 Å². The molecule has 0 atom stereocenters. The van der Waals surface area contributed by atoms with Crippen molar-refractivity contribution in [2.24, 2.45) is 5.92 Å². The Hall–Kier alpha value is -2.35. The lowest BCUT2D eigenvalue weighted by atomic mass is 9.96. The van der Waals surface area contributed by atoms with Gasteiger partial charge in [-0.3, -0.25) is 9.69 Å². The molecule has 1 aliphatic heterocycles. The standard InChI is InChI=1S/C25H29ClN4O2S/c1-18-3-5-19(6-4-18)24-28-23(32-29-24)17-30-14-11-20(12-15-30)25(31)27-13-2-16-33-22-9-7-21(26)8-10-22/h3-10,20H,2,11-17H2,1H3,(H,27,31). The predicted molar refractivity (Wildman–Crippen MR) is 132 cm³/mol. The molecule has 0 unspecified atom stereocenters. The Morgan fingerprint density at radius 2 is 1.88 bits per heavy atom. The smallest absolute Gasteiger partial charge is 0.241 e. The minimum Gasteiger partial charge on any atom is -0.356 e. The Bertz CT molecular complexity index is 1030. The summed E-state index contributed by atoms with van der Waals surface area (Å²) in [6.07, 6.45) is 2.65. The van der Waals surface area contributed by atoms with Crippen molar-refractivity contribution in [3.8, 4) is 11.4 Å². The fourth-order valence-electron chi connectivity index (χ4n) is 3.83. The van der Waals surface area contributed by atoms with Crippen molar-refractivity contribution in [3.05, 3.63) is 65.0 Å². The van der Waals surface area contributed by atoms with Gasteiger partial charge in [0, 0.05) is 27.9 Å². The summed E-state index contributed by atoms with van der Waals surface area (Å²) in [6, 6.07) is 15.9. The van der Waals surface area contributed by atoms with Crippen molar-refractivity contribution in [2.75, 3.05) is 25.4 Å². The lowest BCUT2D eigenvalue weighted by Crippen LogP contribution is -2.40. The van der Waals surface area contributed by atoms with Crippen molar-refractivity contribution in [1.29, 1.82) is 0 Å². The van der Waals surface area contributed by atoms with Crippen LogP contribution < -0.4 is 5.32 Å². The normalized spacial score (nSPS) is 15.0. The first-order valence-electron chi connectivity index (χ1n) is 11.3. The maximum absolute atomic E-state index is 12.5. The van der Waals surface area contributed by atoms with Crippen LogP contribution in [-0.4, -0.2) is 46.3 Å². The first kappa shape index (κ1) is 23.8.